The van der Waals surface area contributed by atoms with Gasteiger partial charge in [0, 0.05) is 17.3 Å². The van der Waals surface area contributed by atoms with E-state index in [1.165, 1.54) is 22.4 Å². The van der Waals surface area contributed by atoms with Crippen molar-refractivity contribution >= 4 is 11.3 Å². The van der Waals surface area contributed by atoms with E-state index in [-0.39, 0.29) is 0 Å². The lowest BCUT2D eigenvalue weighted by atomic mass is 10.00. The molecule has 0 saturated heterocycles. The molecule has 0 saturated carbocycles. The van der Waals surface area contributed by atoms with Crippen LogP contribution in [-0.4, -0.2) is 19.2 Å². The number of rotatable bonds is 7. The summed E-state index contributed by atoms with van der Waals surface area (Å²) in [6.07, 6.45) is 4.52. The molecule has 0 amide bonds. The monoisotopic (exact) mass is 301 g/mol. The van der Waals surface area contributed by atoms with Gasteiger partial charge in [-0.25, -0.2) is 0 Å². The van der Waals surface area contributed by atoms with Crippen molar-refractivity contribution in [3.05, 3.63) is 51.7 Å². The minimum atomic E-state index is 0.568. The fourth-order valence-corrected chi connectivity index (χ4v) is 3.76. The van der Waals surface area contributed by atoms with Crippen molar-refractivity contribution in [1.29, 1.82) is 0 Å². The first-order valence-electron chi connectivity index (χ1n) is 7.85. The summed E-state index contributed by atoms with van der Waals surface area (Å²) in [7, 11) is 0. The number of likely N-dealkylation sites (N-methyl/N-ethyl adjacent to an activating group) is 1. The molecular formula is C18H23NOS. The maximum Gasteiger partial charge on any atom is 0.122 e. The van der Waals surface area contributed by atoms with Gasteiger partial charge in [0.05, 0.1) is 6.61 Å². The molecule has 1 aliphatic rings. The molecule has 0 aliphatic carbocycles. The summed E-state index contributed by atoms with van der Waals surface area (Å²) in [5.41, 5.74) is 2.82. The fraction of sp³-hybridized carbons (Fsp3) is 0.444. The number of hydrogen-bond acceptors (Lipinski definition) is 3. The number of thiophene rings is 1. The summed E-state index contributed by atoms with van der Waals surface area (Å²) in [5.74, 6) is 1.08. The van der Waals surface area contributed by atoms with Gasteiger partial charge in [-0.1, -0.05) is 25.1 Å². The second-order valence-corrected chi connectivity index (χ2v) is 6.65. The topological polar surface area (TPSA) is 21.3 Å². The predicted molar refractivity (Wildman–Crippen MR) is 89.4 cm³/mol. The van der Waals surface area contributed by atoms with Gasteiger partial charge in [0.15, 0.2) is 0 Å². The Morgan fingerprint density at radius 2 is 2.29 bits per heavy atom. The third-order valence-corrected chi connectivity index (χ3v) is 4.95. The Morgan fingerprint density at radius 3 is 3.10 bits per heavy atom. The van der Waals surface area contributed by atoms with Crippen LogP contribution >= 0.6 is 11.3 Å². The van der Waals surface area contributed by atoms with Crippen LogP contribution in [0.1, 0.15) is 29.3 Å². The smallest absolute Gasteiger partial charge is 0.122 e. The van der Waals surface area contributed by atoms with E-state index >= 15 is 0 Å². The van der Waals surface area contributed by atoms with Crippen LogP contribution in [0.4, 0.5) is 0 Å². The lowest BCUT2D eigenvalue weighted by Gasteiger charge is -2.17. The van der Waals surface area contributed by atoms with E-state index in [1.807, 2.05) is 11.3 Å². The van der Waals surface area contributed by atoms with Crippen LogP contribution in [-0.2, 0) is 19.3 Å². The largest absolute Gasteiger partial charge is 0.493 e. The van der Waals surface area contributed by atoms with E-state index in [0.717, 1.165) is 38.2 Å². The van der Waals surface area contributed by atoms with Crippen LogP contribution in [0.25, 0.3) is 0 Å². The average Bonchev–Trinajstić information content (AvgIpc) is 3.15. The first kappa shape index (κ1) is 14.6. The molecule has 1 aromatic heterocycles. The molecular weight excluding hydrogens is 278 g/mol. The third kappa shape index (κ3) is 3.86. The average molecular weight is 301 g/mol. The van der Waals surface area contributed by atoms with E-state index in [1.54, 1.807) is 0 Å². The highest BCUT2D eigenvalue weighted by Gasteiger charge is 2.13. The van der Waals surface area contributed by atoms with E-state index in [4.69, 9.17) is 4.74 Å². The van der Waals surface area contributed by atoms with Crippen LogP contribution in [0.3, 0.4) is 0 Å². The minimum Gasteiger partial charge on any atom is -0.493 e. The Morgan fingerprint density at radius 1 is 1.33 bits per heavy atom. The summed E-state index contributed by atoms with van der Waals surface area (Å²) in [4.78, 5) is 1.48. The first-order valence-corrected chi connectivity index (χ1v) is 8.73. The van der Waals surface area contributed by atoms with Gasteiger partial charge in [0.25, 0.3) is 0 Å². The van der Waals surface area contributed by atoms with Crippen molar-refractivity contribution < 1.29 is 4.74 Å². The van der Waals surface area contributed by atoms with Gasteiger partial charge in [-0.2, -0.15) is 0 Å². The normalized spacial score (nSPS) is 14.7. The molecule has 3 rings (SSSR count). The number of benzene rings is 1. The SMILES string of the molecule is CCNC(CCc1ccc2c(c1)CCO2)Cc1cccs1. The Balaban J connectivity index is 1.58. The summed E-state index contributed by atoms with van der Waals surface area (Å²) in [5, 5.41) is 5.79. The van der Waals surface area contributed by atoms with Crippen molar-refractivity contribution in [2.45, 2.75) is 38.6 Å². The number of hydrogen-bond donors (Lipinski definition) is 1. The van der Waals surface area contributed by atoms with Crippen molar-refractivity contribution in [3.8, 4) is 5.75 Å². The molecule has 1 unspecified atom stereocenters. The molecule has 112 valence electrons. The maximum absolute atomic E-state index is 5.58. The van der Waals surface area contributed by atoms with Crippen molar-refractivity contribution in [2.24, 2.45) is 0 Å². The molecule has 0 radical (unpaired) electrons. The van der Waals surface area contributed by atoms with Gasteiger partial charge in [-0.15, -0.1) is 11.3 Å². The van der Waals surface area contributed by atoms with Crippen LogP contribution in [0.15, 0.2) is 35.7 Å². The number of aryl methyl sites for hydroxylation is 1. The van der Waals surface area contributed by atoms with Crippen molar-refractivity contribution in [3.63, 3.8) is 0 Å². The number of nitrogens with one attached hydrogen (secondary N) is 1. The van der Waals surface area contributed by atoms with E-state index in [2.05, 4.69) is 48.0 Å². The van der Waals surface area contributed by atoms with Gasteiger partial charge in [0.1, 0.15) is 5.75 Å². The third-order valence-electron chi connectivity index (χ3n) is 4.06. The lowest BCUT2D eigenvalue weighted by Crippen LogP contribution is -2.31. The molecule has 2 aromatic rings. The molecule has 1 atom stereocenters. The second kappa shape index (κ2) is 7.10. The molecule has 1 N–H and O–H groups in total. The van der Waals surface area contributed by atoms with Gasteiger partial charge in [-0.05, 0) is 54.4 Å². The zero-order valence-corrected chi connectivity index (χ0v) is 13.4. The lowest BCUT2D eigenvalue weighted by molar-refractivity contribution is 0.357. The number of fused-ring (bicyclic) bond motifs is 1. The zero-order valence-electron chi connectivity index (χ0n) is 12.6. The van der Waals surface area contributed by atoms with Gasteiger partial charge in [-0.3, -0.25) is 0 Å². The minimum absolute atomic E-state index is 0.568. The molecule has 21 heavy (non-hydrogen) atoms. The quantitative estimate of drug-likeness (QED) is 0.839. The Hall–Kier alpha value is -1.32. The van der Waals surface area contributed by atoms with Gasteiger partial charge < -0.3 is 10.1 Å². The van der Waals surface area contributed by atoms with Gasteiger partial charge >= 0.3 is 0 Å². The highest BCUT2D eigenvalue weighted by molar-refractivity contribution is 7.09. The molecule has 3 heteroatoms. The van der Waals surface area contributed by atoms with E-state index in [9.17, 15) is 0 Å². The number of ether oxygens (including phenoxy) is 1. The molecule has 1 aromatic carbocycles. The maximum atomic E-state index is 5.58. The molecule has 0 spiro atoms. The van der Waals surface area contributed by atoms with E-state index < -0.39 is 0 Å². The van der Waals surface area contributed by atoms with E-state index in [0.29, 0.717) is 6.04 Å². The Bertz CT molecular complexity index is 565. The molecule has 1 aliphatic heterocycles. The molecule has 2 nitrogen and oxygen atoms in total. The molecule has 2 heterocycles. The van der Waals surface area contributed by atoms with Crippen LogP contribution in [0, 0.1) is 0 Å². The van der Waals surface area contributed by atoms with Crippen LogP contribution in [0.5, 0.6) is 5.75 Å². The van der Waals surface area contributed by atoms with Crippen molar-refractivity contribution in [2.75, 3.05) is 13.2 Å². The standard InChI is InChI=1S/C18H23NOS/c1-2-19-16(13-17-4-3-11-21-17)7-5-14-6-8-18-15(12-14)9-10-20-18/h3-4,6,8,11-12,16,19H,2,5,7,9-10,13H2,1H3. The Labute approximate surface area is 131 Å². The summed E-state index contributed by atoms with van der Waals surface area (Å²) in [6, 6.07) is 11.6. The predicted octanol–water partition coefficient (Wildman–Crippen LogP) is 3.84. The first-order chi connectivity index (χ1) is 10.3. The fourth-order valence-electron chi connectivity index (χ4n) is 2.97. The second-order valence-electron chi connectivity index (χ2n) is 5.62. The zero-order chi connectivity index (χ0) is 14.5. The highest BCUT2D eigenvalue weighted by atomic mass is 32.1. The highest BCUT2D eigenvalue weighted by Crippen LogP contribution is 2.26. The summed E-state index contributed by atoms with van der Waals surface area (Å²) < 4.78 is 5.58. The van der Waals surface area contributed by atoms with Crippen LogP contribution < -0.4 is 10.1 Å². The molecule has 0 fully saturated rings. The molecule has 0 bridgehead atoms. The van der Waals surface area contributed by atoms with Crippen LogP contribution in [0.2, 0.25) is 0 Å². The van der Waals surface area contributed by atoms with Gasteiger partial charge in [0.2, 0.25) is 0 Å². The summed E-state index contributed by atoms with van der Waals surface area (Å²) >= 11 is 1.86. The summed E-state index contributed by atoms with van der Waals surface area (Å²) in [6.45, 7) is 4.07. The van der Waals surface area contributed by atoms with Crippen molar-refractivity contribution in [1.82, 2.24) is 5.32 Å². The Kier molecular flexibility index (Phi) is 4.94.